The van der Waals surface area contributed by atoms with Gasteiger partial charge in [0.1, 0.15) is 5.75 Å². The number of nitrogens with zero attached hydrogens (tertiary/aromatic N) is 2. The summed E-state index contributed by atoms with van der Waals surface area (Å²) in [5.74, 6) is -1.63. The fourth-order valence-corrected chi connectivity index (χ4v) is 3.33. The lowest BCUT2D eigenvalue weighted by molar-refractivity contribution is -0.385. The van der Waals surface area contributed by atoms with Crippen LogP contribution in [0.15, 0.2) is 42.5 Å². The Morgan fingerprint density at radius 3 is 2.59 bits per heavy atom. The Balaban J connectivity index is 1.54. The maximum absolute atomic E-state index is 12.4. The topological polar surface area (TPSA) is 128 Å². The fraction of sp³-hybridized carbons (Fsp3) is 0.318. The summed E-state index contributed by atoms with van der Waals surface area (Å²) in [7, 11) is 0. The number of nitro benzene ring substituents is 1. The Morgan fingerprint density at radius 1 is 1.22 bits per heavy atom. The van der Waals surface area contributed by atoms with Crippen LogP contribution < -0.4 is 15.0 Å². The van der Waals surface area contributed by atoms with E-state index < -0.39 is 29.3 Å². The molecule has 10 nitrogen and oxygen atoms in total. The Labute approximate surface area is 184 Å². The van der Waals surface area contributed by atoms with Crippen molar-refractivity contribution in [3.05, 3.63) is 58.1 Å². The van der Waals surface area contributed by atoms with E-state index in [4.69, 9.17) is 9.47 Å². The van der Waals surface area contributed by atoms with Gasteiger partial charge in [0, 0.05) is 30.3 Å². The van der Waals surface area contributed by atoms with Crippen molar-refractivity contribution in [2.45, 2.75) is 20.3 Å². The summed E-state index contributed by atoms with van der Waals surface area (Å²) >= 11 is 0. The Morgan fingerprint density at radius 2 is 1.94 bits per heavy atom. The zero-order chi connectivity index (χ0) is 23.3. The zero-order valence-electron chi connectivity index (χ0n) is 17.7. The van der Waals surface area contributed by atoms with Crippen molar-refractivity contribution >= 4 is 34.8 Å². The molecule has 32 heavy (non-hydrogen) atoms. The van der Waals surface area contributed by atoms with Crippen LogP contribution in [0.3, 0.4) is 0 Å². The molecule has 168 valence electrons. The standard InChI is InChI=1S/C22H23N3O7/c1-3-31-18-8-5-16(6-9-18)23-20(26)13-32-22(28)15-10-21(27)24(12-15)17-7-4-14(2)19(11-17)25(29)30/h4-9,11,15H,3,10,12-13H2,1-2H3,(H,23,26)/t15-/m1/s1. The van der Waals surface area contributed by atoms with Gasteiger partial charge in [0.15, 0.2) is 6.61 Å². The third kappa shape index (κ3) is 5.39. The maximum atomic E-state index is 12.4. The number of anilines is 2. The van der Waals surface area contributed by atoms with Crippen LogP contribution in [-0.4, -0.2) is 42.5 Å². The summed E-state index contributed by atoms with van der Waals surface area (Å²) in [5.41, 5.74) is 1.24. The van der Waals surface area contributed by atoms with Crippen molar-refractivity contribution in [1.82, 2.24) is 0 Å². The van der Waals surface area contributed by atoms with Crippen LogP contribution >= 0.6 is 0 Å². The molecule has 0 spiro atoms. The van der Waals surface area contributed by atoms with Crippen molar-refractivity contribution in [2.24, 2.45) is 5.92 Å². The average molecular weight is 441 g/mol. The van der Waals surface area contributed by atoms with Crippen LogP contribution in [0.4, 0.5) is 17.1 Å². The van der Waals surface area contributed by atoms with E-state index in [2.05, 4.69) is 5.32 Å². The molecule has 0 saturated carbocycles. The summed E-state index contributed by atoms with van der Waals surface area (Å²) in [6.45, 7) is 3.53. The van der Waals surface area contributed by atoms with E-state index in [1.807, 2.05) is 6.92 Å². The molecule has 1 saturated heterocycles. The van der Waals surface area contributed by atoms with Crippen LogP contribution in [-0.2, 0) is 19.1 Å². The molecule has 0 radical (unpaired) electrons. The van der Waals surface area contributed by atoms with Crippen LogP contribution in [0.5, 0.6) is 5.75 Å². The van der Waals surface area contributed by atoms with Crippen molar-refractivity contribution in [1.29, 1.82) is 0 Å². The quantitative estimate of drug-likeness (QED) is 0.379. The highest BCUT2D eigenvalue weighted by Crippen LogP contribution is 2.30. The number of carbonyl (C=O) groups is 3. The monoisotopic (exact) mass is 441 g/mol. The van der Waals surface area contributed by atoms with Crippen molar-refractivity contribution in [3.63, 3.8) is 0 Å². The predicted octanol–water partition coefficient (Wildman–Crippen LogP) is 2.84. The van der Waals surface area contributed by atoms with E-state index >= 15 is 0 Å². The number of benzene rings is 2. The molecule has 1 fully saturated rings. The number of carbonyl (C=O) groups excluding carboxylic acids is 3. The van der Waals surface area contributed by atoms with E-state index in [0.29, 0.717) is 29.3 Å². The van der Waals surface area contributed by atoms with Gasteiger partial charge in [0.25, 0.3) is 11.6 Å². The number of amides is 2. The highest BCUT2D eigenvalue weighted by molar-refractivity contribution is 6.00. The summed E-state index contributed by atoms with van der Waals surface area (Å²) < 4.78 is 10.4. The molecule has 3 rings (SSSR count). The molecular weight excluding hydrogens is 418 g/mol. The third-order valence-electron chi connectivity index (χ3n) is 4.95. The van der Waals surface area contributed by atoms with E-state index in [1.54, 1.807) is 43.3 Å². The smallest absolute Gasteiger partial charge is 0.311 e. The average Bonchev–Trinajstić information content (AvgIpc) is 3.15. The lowest BCUT2D eigenvalue weighted by atomic mass is 10.1. The van der Waals surface area contributed by atoms with Gasteiger partial charge < -0.3 is 19.7 Å². The summed E-state index contributed by atoms with van der Waals surface area (Å²) in [5, 5.41) is 13.8. The second-order valence-corrected chi connectivity index (χ2v) is 7.25. The minimum atomic E-state index is -0.763. The van der Waals surface area contributed by atoms with Gasteiger partial charge >= 0.3 is 5.97 Å². The number of ether oxygens (including phenoxy) is 2. The van der Waals surface area contributed by atoms with Gasteiger partial charge in [0.2, 0.25) is 5.91 Å². The van der Waals surface area contributed by atoms with Crippen molar-refractivity contribution in [2.75, 3.05) is 30.0 Å². The van der Waals surface area contributed by atoms with Gasteiger partial charge in [0.05, 0.1) is 23.1 Å². The van der Waals surface area contributed by atoms with Crippen LogP contribution in [0.25, 0.3) is 0 Å². The number of esters is 1. The molecular formula is C22H23N3O7. The normalized spacial score (nSPS) is 15.4. The van der Waals surface area contributed by atoms with E-state index in [-0.39, 0.29) is 24.6 Å². The molecule has 1 heterocycles. The summed E-state index contributed by atoms with van der Waals surface area (Å²) in [4.78, 5) is 48.7. The van der Waals surface area contributed by atoms with Gasteiger partial charge in [-0.05, 0) is 44.2 Å². The second kappa shape index (κ2) is 9.90. The minimum Gasteiger partial charge on any atom is -0.494 e. The lowest BCUT2D eigenvalue weighted by Gasteiger charge is -2.16. The molecule has 0 bridgehead atoms. The molecule has 0 unspecified atom stereocenters. The van der Waals surface area contributed by atoms with E-state index in [0.717, 1.165) is 0 Å². The maximum Gasteiger partial charge on any atom is 0.311 e. The van der Waals surface area contributed by atoms with Gasteiger partial charge in [-0.1, -0.05) is 6.07 Å². The molecule has 2 amide bonds. The first-order chi connectivity index (χ1) is 15.3. The number of aryl methyl sites for hydroxylation is 1. The SMILES string of the molecule is CCOc1ccc(NC(=O)COC(=O)[C@@H]2CC(=O)N(c3ccc(C)c([N+](=O)[O-])c3)C2)cc1. The molecule has 0 aliphatic carbocycles. The molecule has 1 atom stereocenters. The van der Waals surface area contributed by atoms with Gasteiger partial charge in [-0.2, -0.15) is 0 Å². The van der Waals surface area contributed by atoms with Gasteiger partial charge in [-0.15, -0.1) is 0 Å². The Bertz CT molecular complexity index is 1040. The first-order valence-corrected chi connectivity index (χ1v) is 10.0. The first-order valence-electron chi connectivity index (χ1n) is 10.0. The minimum absolute atomic E-state index is 0.0262. The Hall–Kier alpha value is -3.95. The molecule has 1 aliphatic heterocycles. The second-order valence-electron chi connectivity index (χ2n) is 7.25. The lowest BCUT2D eigenvalue weighted by Crippen LogP contribution is -2.28. The highest BCUT2D eigenvalue weighted by Gasteiger charge is 2.37. The number of hydrogen-bond acceptors (Lipinski definition) is 7. The van der Waals surface area contributed by atoms with Crippen molar-refractivity contribution < 1.29 is 28.8 Å². The third-order valence-corrected chi connectivity index (χ3v) is 4.95. The molecule has 1 aliphatic rings. The fourth-order valence-electron chi connectivity index (χ4n) is 3.33. The van der Waals surface area contributed by atoms with Crippen LogP contribution in [0.1, 0.15) is 18.9 Å². The zero-order valence-corrected chi connectivity index (χ0v) is 17.7. The number of nitro groups is 1. The Kier molecular flexibility index (Phi) is 7.04. The highest BCUT2D eigenvalue weighted by atomic mass is 16.6. The van der Waals surface area contributed by atoms with Gasteiger partial charge in [-0.3, -0.25) is 24.5 Å². The molecule has 1 N–H and O–H groups in total. The number of hydrogen-bond donors (Lipinski definition) is 1. The van der Waals surface area contributed by atoms with Crippen LogP contribution in [0, 0.1) is 23.0 Å². The summed E-state index contributed by atoms with van der Waals surface area (Å²) in [6, 6.07) is 11.2. The summed E-state index contributed by atoms with van der Waals surface area (Å²) in [6.07, 6.45) is -0.0962. The van der Waals surface area contributed by atoms with Gasteiger partial charge in [-0.25, -0.2) is 0 Å². The number of nitrogens with one attached hydrogen (secondary N) is 1. The van der Waals surface area contributed by atoms with Crippen LogP contribution in [0.2, 0.25) is 0 Å². The first kappa shape index (κ1) is 22.7. The largest absolute Gasteiger partial charge is 0.494 e. The molecule has 2 aromatic carbocycles. The molecule has 10 heteroatoms. The number of rotatable bonds is 8. The van der Waals surface area contributed by atoms with Crippen molar-refractivity contribution in [3.8, 4) is 5.75 Å². The predicted molar refractivity (Wildman–Crippen MR) is 115 cm³/mol. The van der Waals surface area contributed by atoms with E-state index in [9.17, 15) is 24.5 Å². The van der Waals surface area contributed by atoms with E-state index in [1.165, 1.54) is 11.0 Å². The molecule has 2 aromatic rings. The molecule has 0 aromatic heterocycles.